The number of nitrogens with one attached hydrogen (secondary N) is 1. The van der Waals surface area contributed by atoms with Crippen molar-refractivity contribution in [2.24, 2.45) is 5.73 Å². The first-order valence-corrected chi connectivity index (χ1v) is 9.68. The van der Waals surface area contributed by atoms with E-state index in [1.165, 1.54) is 0 Å². The van der Waals surface area contributed by atoms with Gasteiger partial charge in [0, 0.05) is 41.9 Å². The molecule has 0 fully saturated rings. The lowest BCUT2D eigenvalue weighted by atomic mass is 10.1. The maximum absolute atomic E-state index is 13.0. The van der Waals surface area contributed by atoms with Gasteiger partial charge in [0.1, 0.15) is 5.69 Å². The van der Waals surface area contributed by atoms with Gasteiger partial charge in [-0.05, 0) is 19.0 Å². The lowest BCUT2D eigenvalue weighted by molar-refractivity contribution is 0.173. The van der Waals surface area contributed by atoms with Crippen molar-refractivity contribution in [3.8, 4) is 34.3 Å². The van der Waals surface area contributed by atoms with Crippen molar-refractivity contribution < 1.29 is 18.9 Å². The van der Waals surface area contributed by atoms with Crippen LogP contribution in [0.4, 0.5) is 0 Å². The Hall–Kier alpha value is -3.72. The molecule has 2 aromatic heterocycles. The molecular weight excluding hydrogens is 388 g/mol. The van der Waals surface area contributed by atoms with Crippen molar-refractivity contribution in [2.45, 2.75) is 13.0 Å². The van der Waals surface area contributed by atoms with E-state index in [0.717, 1.165) is 29.4 Å². The van der Waals surface area contributed by atoms with E-state index in [4.69, 9.17) is 24.7 Å². The quantitative estimate of drug-likeness (QED) is 0.535. The zero-order valence-electron chi connectivity index (χ0n) is 15.9. The van der Waals surface area contributed by atoms with Crippen LogP contribution in [0.5, 0.6) is 23.0 Å². The highest BCUT2D eigenvalue weighted by Crippen LogP contribution is 2.40. The Morgan fingerprint density at radius 3 is 2.47 bits per heavy atom. The number of H-pyrrole nitrogens is 1. The first-order chi connectivity index (χ1) is 14.7. The molecule has 0 saturated carbocycles. The second-order valence-electron chi connectivity index (χ2n) is 7.24. The van der Waals surface area contributed by atoms with Gasteiger partial charge in [-0.15, -0.1) is 0 Å². The Bertz CT molecular complexity index is 1370. The highest BCUT2D eigenvalue weighted by Gasteiger charge is 2.22. The molecule has 0 radical (unpaired) electrons. The second kappa shape index (κ2) is 6.39. The van der Waals surface area contributed by atoms with Crippen LogP contribution < -0.4 is 30.2 Å². The molecule has 0 saturated heterocycles. The van der Waals surface area contributed by atoms with Crippen LogP contribution in [-0.2, 0) is 6.54 Å². The highest BCUT2D eigenvalue weighted by molar-refractivity contribution is 5.98. The molecule has 6 rings (SSSR count). The molecule has 0 atom stereocenters. The third kappa shape index (κ3) is 2.52. The van der Waals surface area contributed by atoms with Crippen LogP contribution in [0.3, 0.4) is 0 Å². The van der Waals surface area contributed by atoms with Crippen molar-refractivity contribution in [1.82, 2.24) is 14.5 Å². The molecule has 0 spiro atoms. The van der Waals surface area contributed by atoms with Crippen molar-refractivity contribution in [1.29, 1.82) is 0 Å². The molecule has 4 heterocycles. The van der Waals surface area contributed by atoms with E-state index < -0.39 is 0 Å². The lowest BCUT2D eigenvalue weighted by Crippen LogP contribution is -2.11. The Kier molecular flexibility index (Phi) is 3.66. The van der Waals surface area contributed by atoms with Crippen LogP contribution in [0.15, 0.2) is 35.3 Å². The molecule has 4 aromatic rings. The summed E-state index contributed by atoms with van der Waals surface area (Å²) in [6.45, 7) is 1.63. The van der Waals surface area contributed by atoms with Crippen LogP contribution in [-0.4, -0.2) is 34.7 Å². The number of ether oxygens (including phenoxy) is 4. The Morgan fingerprint density at radius 1 is 1.00 bits per heavy atom. The monoisotopic (exact) mass is 406 g/mol. The Balaban J connectivity index is 1.58. The summed E-state index contributed by atoms with van der Waals surface area (Å²) < 4.78 is 24.0. The molecule has 0 aliphatic carbocycles. The van der Waals surface area contributed by atoms with Crippen LogP contribution >= 0.6 is 0 Å². The van der Waals surface area contributed by atoms with Gasteiger partial charge in [-0.1, -0.05) is 0 Å². The number of nitrogens with zero attached hydrogens (tertiary/aromatic N) is 2. The zero-order valence-corrected chi connectivity index (χ0v) is 15.9. The Morgan fingerprint density at radius 2 is 1.70 bits per heavy atom. The average molecular weight is 406 g/mol. The van der Waals surface area contributed by atoms with E-state index in [0.29, 0.717) is 46.3 Å². The van der Waals surface area contributed by atoms with Gasteiger partial charge in [-0.2, -0.15) is 0 Å². The molecule has 2 aliphatic heterocycles. The number of benzene rings is 2. The number of aryl methyl sites for hydroxylation is 1. The first-order valence-electron chi connectivity index (χ1n) is 9.68. The highest BCUT2D eigenvalue weighted by atomic mass is 16.7. The molecule has 0 amide bonds. The average Bonchev–Trinajstić information content (AvgIpc) is 3.46. The summed E-state index contributed by atoms with van der Waals surface area (Å²) in [7, 11) is 0. The van der Waals surface area contributed by atoms with Crippen LogP contribution in [0.1, 0.15) is 6.42 Å². The molecule has 2 aromatic carbocycles. The van der Waals surface area contributed by atoms with Crippen molar-refractivity contribution in [2.75, 3.05) is 20.1 Å². The van der Waals surface area contributed by atoms with E-state index in [1.807, 2.05) is 18.3 Å². The second-order valence-corrected chi connectivity index (χ2v) is 7.24. The van der Waals surface area contributed by atoms with Gasteiger partial charge in [0.05, 0.1) is 16.6 Å². The molecule has 0 unspecified atom stereocenters. The van der Waals surface area contributed by atoms with E-state index in [1.54, 1.807) is 12.1 Å². The van der Waals surface area contributed by atoms with Crippen LogP contribution in [0, 0.1) is 0 Å². The standard InChI is InChI=1S/C21H18N4O5/c22-2-1-3-25-8-12(11-4-16-19(7-15(11)25)30-9-27-16)20-21(26)24-14-6-18-17(28-10-29-18)5-13(14)23-20/h4-8H,1-3,9-10,22H2,(H,24,26). The third-order valence-electron chi connectivity index (χ3n) is 5.42. The molecule has 152 valence electrons. The Labute approximate surface area is 169 Å². The number of hydrogen-bond acceptors (Lipinski definition) is 7. The van der Waals surface area contributed by atoms with E-state index >= 15 is 0 Å². The number of fused-ring (bicyclic) bond motifs is 4. The van der Waals surface area contributed by atoms with Crippen LogP contribution in [0.2, 0.25) is 0 Å². The van der Waals surface area contributed by atoms with E-state index in [-0.39, 0.29) is 19.1 Å². The normalized spacial score (nSPS) is 14.2. The predicted octanol–water partition coefficient (Wildman–Crippen LogP) is 2.35. The van der Waals surface area contributed by atoms with Gasteiger partial charge in [-0.25, -0.2) is 4.98 Å². The fourth-order valence-corrected chi connectivity index (χ4v) is 3.97. The van der Waals surface area contributed by atoms with Gasteiger partial charge in [0.25, 0.3) is 5.56 Å². The number of hydrogen-bond donors (Lipinski definition) is 2. The molecule has 30 heavy (non-hydrogen) atoms. The number of nitrogens with two attached hydrogens (primary N) is 1. The van der Waals surface area contributed by atoms with Gasteiger partial charge in [0.15, 0.2) is 23.0 Å². The van der Waals surface area contributed by atoms with Crippen molar-refractivity contribution in [3.05, 3.63) is 40.8 Å². The smallest absolute Gasteiger partial charge is 0.275 e. The molecule has 0 bridgehead atoms. The minimum atomic E-state index is -0.281. The van der Waals surface area contributed by atoms with Gasteiger partial charge >= 0.3 is 0 Å². The van der Waals surface area contributed by atoms with E-state index in [9.17, 15) is 4.79 Å². The van der Waals surface area contributed by atoms with Crippen molar-refractivity contribution in [3.63, 3.8) is 0 Å². The van der Waals surface area contributed by atoms with Gasteiger partial charge in [-0.3, -0.25) is 4.79 Å². The third-order valence-corrected chi connectivity index (χ3v) is 5.42. The molecule has 3 N–H and O–H groups in total. The summed E-state index contributed by atoms with van der Waals surface area (Å²) in [5, 5.41) is 0.870. The summed E-state index contributed by atoms with van der Waals surface area (Å²) in [6.07, 6.45) is 2.74. The SMILES string of the molecule is NCCCn1cc(-c2nc3cc4c(cc3[nH]c2=O)OCO4)c2cc3c(cc21)OCO3. The summed E-state index contributed by atoms with van der Waals surface area (Å²) >= 11 is 0. The summed E-state index contributed by atoms with van der Waals surface area (Å²) in [5.74, 6) is 2.55. The predicted molar refractivity (Wildman–Crippen MR) is 109 cm³/mol. The number of rotatable bonds is 4. The molecule has 2 aliphatic rings. The fourth-order valence-electron chi connectivity index (χ4n) is 3.97. The van der Waals surface area contributed by atoms with Gasteiger partial charge in [0.2, 0.25) is 13.6 Å². The minimum absolute atomic E-state index is 0.157. The molecular formula is C21H18N4O5. The first kappa shape index (κ1) is 17.2. The van der Waals surface area contributed by atoms with Crippen molar-refractivity contribution >= 4 is 21.9 Å². The minimum Gasteiger partial charge on any atom is -0.454 e. The summed E-state index contributed by atoms with van der Waals surface area (Å²) in [5.41, 5.74) is 8.64. The van der Waals surface area contributed by atoms with E-state index in [2.05, 4.69) is 14.5 Å². The zero-order chi connectivity index (χ0) is 20.2. The maximum atomic E-state index is 13.0. The lowest BCUT2D eigenvalue weighted by Gasteiger charge is -2.04. The molecule has 9 heteroatoms. The van der Waals surface area contributed by atoms with Crippen LogP contribution in [0.25, 0.3) is 33.2 Å². The number of aromatic nitrogens is 3. The largest absolute Gasteiger partial charge is 0.454 e. The molecule has 9 nitrogen and oxygen atoms in total. The number of aromatic amines is 1. The van der Waals surface area contributed by atoms with Gasteiger partial charge < -0.3 is 34.2 Å². The summed E-state index contributed by atoms with van der Waals surface area (Å²) in [6, 6.07) is 7.35. The maximum Gasteiger partial charge on any atom is 0.275 e. The summed E-state index contributed by atoms with van der Waals surface area (Å²) in [4.78, 5) is 20.5. The topological polar surface area (TPSA) is 114 Å². The fraction of sp³-hybridized carbons (Fsp3) is 0.238.